The molecule has 2 aliphatic heterocycles. The van der Waals surface area contributed by atoms with Crippen LogP contribution in [0.2, 0.25) is 0 Å². The molecule has 9 nitrogen and oxygen atoms in total. The minimum Gasteiger partial charge on any atom is -0.369 e. The third kappa shape index (κ3) is 5.49. The molecule has 0 radical (unpaired) electrons. The maximum atomic E-state index is 13.5. The molecule has 0 spiro atoms. The Morgan fingerprint density at radius 2 is 1.87 bits per heavy atom. The van der Waals surface area contributed by atoms with Gasteiger partial charge in [0.15, 0.2) is 5.82 Å². The Morgan fingerprint density at radius 1 is 1.05 bits per heavy atom. The number of carbonyl (C=O) groups excluding carboxylic acids is 1. The van der Waals surface area contributed by atoms with E-state index in [0.717, 1.165) is 49.8 Å². The van der Waals surface area contributed by atoms with E-state index in [1.54, 1.807) is 18.3 Å². The first-order chi connectivity index (χ1) is 18.3. The molecular formula is C26H29F3N8O. The van der Waals surface area contributed by atoms with Crippen molar-refractivity contribution in [2.24, 2.45) is 0 Å². The average Bonchev–Trinajstić information content (AvgIpc) is 3.12. The van der Waals surface area contributed by atoms with Crippen LogP contribution in [0.3, 0.4) is 0 Å². The van der Waals surface area contributed by atoms with E-state index in [2.05, 4.69) is 30.4 Å². The van der Waals surface area contributed by atoms with Crippen molar-refractivity contribution >= 4 is 29.3 Å². The largest absolute Gasteiger partial charge is 0.416 e. The summed E-state index contributed by atoms with van der Waals surface area (Å²) in [4.78, 5) is 32.7. The van der Waals surface area contributed by atoms with Gasteiger partial charge in [-0.2, -0.15) is 18.2 Å². The quantitative estimate of drug-likeness (QED) is 0.526. The molecule has 2 N–H and O–H groups in total. The van der Waals surface area contributed by atoms with Crippen molar-refractivity contribution in [1.29, 1.82) is 0 Å². The second-order valence-electron chi connectivity index (χ2n) is 9.11. The molecule has 1 saturated heterocycles. The maximum absolute atomic E-state index is 13.5. The van der Waals surface area contributed by atoms with Gasteiger partial charge in [0.2, 0.25) is 5.95 Å². The monoisotopic (exact) mass is 526 g/mol. The minimum atomic E-state index is -4.47. The Hall–Kier alpha value is -3.93. The maximum Gasteiger partial charge on any atom is 0.416 e. The molecule has 0 aliphatic carbocycles. The van der Waals surface area contributed by atoms with Crippen molar-refractivity contribution in [1.82, 2.24) is 20.3 Å². The van der Waals surface area contributed by atoms with Gasteiger partial charge in [-0.15, -0.1) is 0 Å². The lowest BCUT2D eigenvalue weighted by atomic mass is 10.1. The number of urea groups is 1. The van der Waals surface area contributed by atoms with E-state index in [1.807, 2.05) is 19.1 Å². The van der Waals surface area contributed by atoms with Gasteiger partial charge in [-0.3, -0.25) is 10.2 Å². The number of carbonyl (C=O) groups is 1. The van der Waals surface area contributed by atoms with Crippen molar-refractivity contribution in [2.45, 2.75) is 19.5 Å². The predicted octanol–water partition coefficient (Wildman–Crippen LogP) is 4.24. The standard InChI is InChI=1S/C26H29F3N8O/c1-2-35-13-4-14-37(25(38)34-24-31-10-9-22(33-24)36-15-11-30-12-16-36)23-21(35)8-7-20(32-23)18-5-3-6-19(17-18)26(27,28)29/h3,5-10,17,30H,2,4,11-16H2,1H3,(H,31,33,34,38). The lowest BCUT2D eigenvalue weighted by Gasteiger charge is -2.28. The van der Waals surface area contributed by atoms with Crippen molar-refractivity contribution < 1.29 is 18.0 Å². The van der Waals surface area contributed by atoms with Crippen LogP contribution in [0.25, 0.3) is 11.3 Å². The summed E-state index contributed by atoms with van der Waals surface area (Å²) in [6.45, 7) is 7.11. The van der Waals surface area contributed by atoms with E-state index < -0.39 is 17.8 Å². The number of hydrogen-bond acceptors (Lipinski definition) is 7. The predicted molar refractivity (Wildman–Crippen MR) is 141 cm³/mol. The van der Waals surface area contributed by atoms with E-state index in [9.17, 15) is 18.0 Å². The number of hydrogen-bond donors (Lipinski definition) is 2. The van der Waals surface area contributed by atoms with Gasteiger partial charge in [0.25, 0.3) is 0 Å². The molecule has 0 unspecified atom stereocenters. The number of amides is 2. The summed E-state index contributed by atoms with van der Waals surface area (Å²) in [5.74, 6) is 1.29. The number of rotatable bonds is 4. The van der Waals surface area contributed by atoms with Crippen LogP contribution in [0.15, 0.2) is 48.7 Å². The molecule has 0 atom stereocenters. The number of nitrogens with zero attached hydrogens (tertiary/aromatic N) is 6. The van der Waals surface area contributed by atoms with Crippen molar-refractivity contribution in [2.75, 3.05) is 65.8 Å². The molecule has 3 aromatic rings. The lowest BCUT2D eigenvalue weighted by molar-refractivity contribution is -0.137. The molecule has 38 heavy (non-hydrogen) atoms. The molecule has 0 saturated carbocycles. The summed E-state index contributed by atoms with van der Waals surface area (Å²) in [5, 5.41) is 6.09. The second kappa shape index (κ2) is 10.8. The molecule has 200 valence electrons. The molecule has 1 fully saturated rings. The summed E-state index contributed by atoms with van der Waals surface area (Å²) in [7, 11) is 0. The van der Waals surface area contributed by atoms with Crippen LogP contribution in [0.4, 0.5) is 41.2 Å². The summed E-state index contributed by atoms with van der Waals surface area (Å²) < 4.78 is 40.0. The molecule has 5 rings (SSSR count). The molecular weight excluding hydrogens is 497 g/mol. The number of fused-ring (bicyclic) bond motifs is 1. The highest BCUT2D eigenvalue weighted by atomic mass is 19.4. The topological polar surface area (TPSA) is 89.5 Å². The zero-order chi connectivity index (χ0) is 26.7. The Bertz CT molecular complexity index is 1300. The fourth-order valence-electron chi connectivity index (χ4n) is 4.72. The van der Waals surface area contributed by atoms with Crippen molar-refractivity contribution in [3.8, 4) is 11.3 Å². The number of benzene rings is 1. The van der Waals surface area contributed by atoms with Crippen LogP contribution in [0.1, 0.15) is 18.9 Å². The average molecular weight is 527 g/mol. The van der Waals surface area contributed by atoms with Crippen LogP contribution >= 0.6 is 0 Å². The highest BCUT2D eigenvalue weighted by molar-refractivity contribution is 6.02. The molecule has 12 heteroatoms. The van der Waals surface area contributed by atoms with Crippen LogP contribution in [0, 0.1) is 0 Å². The normalized spacial score (nSPS) is 16.2. The number of anilines is 4. The third-order valence-electron chi connectivity index (χ3n) is 6.67. The van der Waals surface area contributed by atoms with Gasteiger partial charge in [0, 0.05) is 57.6 Å². The van der Waals surface area contributed by atoms with E-state index in [4.69, 9.17) is 4.98 Å². The Kier molecular flexibility index (Phi) is 7.32. The molecule has 2 amide bonds. The first-order valence-corrected chi connectivity index (χ1v) is 12.6. The smallest absolute Gasteiger partial charge is 0.369 e. The number of alkyl halides is 3. The van der Waals surface area contributed by atoms with Gasteiger partial charge < -0.3 is 15.1 Å². The van der Waals surface area contributed by atoms with Crippen LogP contribution < -0.4 is 25.3 Å². The fourth-order valence-corrected chi connectivity index (χ4v) is 4.72. The number of pyridine rings is 1. The summed E-state index contributed by atoms with van der Waals surface area (Å²) in [5.41, 5.74) is 0.661. The molecule has 2 aliphatic rings. The second-order valence-corrected chi connectivity index (χ2v) is 9.11. The van der Waals surface area contributed by atoms with Gasteiger partial charge in [-0.25, -0.2) is 14.8 Å². The number of halogens is 3. The molecule has 4 heterocycles. The van der Waals surface area contributed by atoms with Crippen molar-refractivity contribution in [3.05, 3.63) is 54.2 Å². The Labute approximate surface area is 218 Å². The van der Waals surface area contributed by atoms with Gasteiger partial charge >= 0.3 is 12.2 Å². The van der Waals surface area contributed by atoms with Gasteiger partial charge in [0.1, 0.15) is 5.82 Å². The fraction of sp³-hybridized carbons (Fsp3) is 0.385. The molecule has 2 aromatic heterocycles. The number of aromatic nitrogens is 3. The zero-order valence-electron chi connectivity index (χ0n) is 21.0. The van der Waals surface area contributed by atoms with E-state index in [-0.39, 0.29) is 5.95 Å². The highest BCUT2D eigenvalue weighted by Gasteiger charge is 2.31. The van der Waals surface area contributed by atoms with E-state index in [1.165, 1.54) is 11.0 Å². The van der Waals surface area contributed by atoms with E-state index in [0.29, 0.717) is 43.1 Å². The van der Waals surface area contributed by atoms with Gasteiger partial charge in [-0.1, -0.05) is 12.1 Å². The summed E-state index contributed by atoms with van der Waals surface area (Å²) in [6, 6.07) is 9.91. The van der Waals surface area contributed by atoms with Crippen LogP contribution in [0.5, 0.6) is 0 Å². The zero-order valence-corrected chi connectivity index (χ0v) is 21.0. The lowest BCUT2D eigenvalue weighted by Crippen LogP contribution is -2.44. The molecule has 1 aromatic carbocycles. The number of piperazine rings is 1. The first kappa shape index (κ1) is 25.7. The first-order valence-electron chi connectivity index (χ1n) is 12.6. The van der Waals surface area contributed by atoms with Gasteiger partial charge in [-0.05, 0) is 43.7 Å². The third-order valence-corrected chi connectivity index (χ3v) is 6.67. The van der Waals surface area contributed by atoms with E-state index >= 15 is 0 Å². The van der Waals surface area contributed by atoms with Crippen LogP contribution in [-0.2, 0) is 6.18 Å². The Morgan fingerprint density at radius 3 is 2.63 bits per heavy atom. The SMILES string of the molecule is CCN1CCCN(C(=O)Nc2nccc(N3CCNCC3)n2)c2nc(-c3cccc(C(F)(F)F)c3)ccc21. The molecule has 0 bridgehead atoms. The highest BCUT2D eigenvalue weighted by Crippen LogP contribution is 2.36. The summed E-state index contributed by atoms with van der Waals surface area (Å²) in [6.07, 6.45) is -2.16. The number of nitrogens with one attached hydrogen (secondary N) is 2. The van der Waals surface area contributed by atoms with Crippen molar-refractivity contribution in [3.63, 3.8) is 0 Å². The Balaban J connectivity index is 1.46. The minimum absolute atomic E-state index is 0.179. The van der Waals surface area contributed by atoms with Gasteiger partial charge in [0.05, 0.1) is 16.9 Å². The summed E-state index contributed by atoms with van der Waals surface area (Å²) >= 11 is 0. The van der Waals surface area contributed by atoms with Crippen LogP contribution in [-0.4, -0.2) is 66.8 Å².